The van der Waals surface area contributed by atoms with Gasteiger partial charge in [0.25, 0.3) is 5.91 Å². The van der Waals surface area contributed by atoms with Gasteiger partial charge in [0.2, 0.25) is 0 Å². The molecule has 28 heavy (non-hydrogen) atoms. The Balaban J connectivity index is 2.33. The Morgan fingerprint density at radius 3 is 2.71 bits per heavy atom. The third-order valence-corrected chi connectivity index (χ3v) is 4.84. The summed E-state index contributed by atoms with van der Waals surface area (Å²) in [5, 5.41) is 12.5. The Morgan fingerprint density at radius 1 is 1.36 bits per heavy atom. The first-order chi connectivity index (χ1) is 13.4. The summed E-state index contributed by atoms with van der Waals surface area (Å²) in [4.78, 5) is 25.9. The summed E-state index contributed by atoms with van der Waals surface area (Å²) in [6.07, 6.45) is 3.02. The Labute approximate surface area is 166 Å². The first kappa shape index (κ1) is 21.2. The Kier molecular flexibility index (Phi) is 7.00. The highest BCUT2D eigenvalue weighted by Crippen LogP contribution is 2.48. The van der Waals surface area contributed by atoms with Crippen LogP contribution in [-0.2, 0) is 19.7 Å². The van der Waals surface area contributed by atoms with Crippen LogP contribution in [0, 0.1) is 11.3 Å². The van der Waals surface area contributed by atoms with Crippen molar-refractivity contribution in [3.63, 3.8) is 0 Å². The Bertz CT molecular complexity index is 834. The molecule has 0 radical (unpaired) electrons. The van der Waals surface area contributed by atoms with E-state index in [1.54, 1.807) is 0 Å². The third kappa shape index (κ3) is 4.25. The maximum Gasteiger partial charge on any atom is 0.330 e. The number of carbonyl (C=O) groups is 2. The average molecular weight is 381 g/mol. The number of nitrogens with zero attached hydrogens (tertiary/aromatic N) is 2. The van der Waals surface area contributed by atoms with Gasteiger partial charge in [0, 0.05) is 23.7 Å². The van der Waals surface area contributed by atoms with Crippen LogP contribution in [0.5, 0.6) is 0 Å². The van der Waals surface area contributed by atoms with E-state index < -0.39 is 17.3 Å². The molecule has 0 unspecified atom stereocenters. The van der Waals surface area contributed by atoms with Crippen molar-refractivity contribution in [3.05, 3.63) is 53.8 Å². The number of amides is 1. The van der Waals surface area contributed by atoms with Crippen LogP contribution in [0.1, 0.15) is 39.2 Å². The van der Waals surface area contributed by atoms with Gasteiger partial charge >= 0.3 is 5.97 Å². The number of unbranched alkanes of at least 4 members (excludes halogenated alkanes) is 1. The van der Waals surface area contributed by atoms with Gasteiger partial charge in [-0.1, -0.05) is 52.0 Å². The van der Waals surface area contributed by atoms with Crippen molar-refractivity contribution in [2.75, 3.05) is 24.6 Å². The molecule has 0 fully saturated rings. The second-order valence-corrected chi connectivity index (χ2v) is 7.11. The molecule has 0 aromatic heterocycles. The standard InChI is InChI=1S/C22H27N3O3/c1-5-7-13-25-18-11-9-8-10-17(18)22(3,4)20(25)16(15-23)21(27)24-12-14-28-19(26)6-2/h6,8-11H,2,5,7,12-14H2,1,3-4H3,(H,24,27). The minimum atomic E-state index is -0.550. The molecule has 1 aromatic rings. The molecule has 0 atom stereocenters. The summed E-state index contributed by atoms with van der Waals surface area (Å²) in [6, 6.07) is 10.1. The number of anilines is 1. The van der Waals surface area contributed by atoms with E-state index in [9.17, 15) is 14.9 Å². The summed E-state index contributed by atoms with van der Waals surface area (Å²) >= 11 is 0. The van der Waals surface area contributed by atoms with Gasteiger partial charge in [0.05, 0.1) is 12.2 Å². The lowest BCUT2D eigenvalue weighted by Gasteiger charge is -2.28. The second kappa shape index (κ2) is 9.23. The number of ether oxygens (including phenoxy) is 1. The van der Waals surface area contributed by atoms with Crippen molar-refractivity contribution in [2.24, 2.45) is 0 Å². The predicted octanol–water partition coefficient (Wildman–Crippen LogP) is 3.21. The molecule has 1 heterocycles. The SMILES string of the molecule is C=CC(=O)OCCNC(=O)C(C#N)=C1N(CCCC)c2ccccc2C1(C)C. The number of nitriles is 1. The lowest BCUT2D eigenvalue weighted by molar-refractivity contribution is -0.138. The molecule has 0 spiro atoms. The number of fused-ring (bicyclic) bond motifs is 1. The Hall–Kier alpha value is -3.07. The molecule has 1 aliphatic rings. The van der Waals surface area contributed by atoms with E-state index >= 15 is 0 Å². The number of para-hydroxylation sites is 1. The smallest absolute Gasteiger partial charge is 0.330 e. The fourth-order valence-corrected chi connectivity index (χ4v) is 3.49. The first-order valence-electron chi connectivity index (χ1n) is 9.47. The fraction of sp³-hybridized carbons (Fsp3) is 0.409. The van der Waals surface area contributed by atoms with Crippen molar-refractivity contribution < 1.29 is 14.3 Å². The number of esters is 1. The zero-order chi connectivity index (χ0) is 20.7. The highest BCUT2D eigenvalue weighted by atomic mass is 16.5. The number of hydrogen-bond acceptors (Lipinski definition) is 5. The molecule has 1 N–H and O–H groups in total. The number of benzene rings is 1. The second-order valence-electron chi connectivity index (χ2n) is 7.11. The molecule has 6 heteroatoms. The number of allylic oxidation sites excluding steroid dienone is 1. The number of carbonyl (C=O) groups excluding carboxylic acids is 2. The average Bonchev–Trinajstić information content (AvgIpc) is 2.91. The van der Waals surface area contributed by atoms with Crippen molar-refractivity contribution in [1.29, 1.82) is 5.26 Å². The zero-order valence-electron chi connectivity index (χ0n) is 16.7. The maximum absolute atomic E-state index is 12.8. The summed E-state index contributed by atoms with van der Waals surface area (Å²) in [5.41, 5.74) is 2.47. The van der Waals surface area contributed by atoms with Crippen molar-refractivity contribution >= 4 is 17.6 Å². The molecular weight excluding hydrogens is 354 g/mol. The van der Waals surface area contributed by atoms with E-state index in [4.69, 9.17) is 4.74 Å². The van der Waals surface area contributed by atoms with Gasteiger partial charge in [0.15, 0.2) is 0 Å². The molecule has 1 amide bonds. The van der Waals surface area contributed by atoms with Crippen molar-refractivity contribution in [1.82, 2.24) is 5.32 Å². The van der Waals surface area contributed by atoms with E-state index in [1.807, 2.05) is 38.1 Å². The van der Waals surface area contributed by atoms with E-state index in [2.05, 4.69) is 29.8 Å². The van der Waals surface area contributed by atoms with Crippen molar-refractivity contribution in [2.45, 2.75) is 39.0 Å². The molecule has 1 aliphatic heterocycles. The molecule has 6 nitrogen and oxygen atoms in total. The van der Waals surface area contributed by atoms with Crippen LogP contribution in [-0.4, -0.2) is 31.6 Å². The highest BCUT2D eigenvalue weighted by Gasteiger charge is 2.42. The lowest BCUT2D eigenvalue weighted by Crippen LogP contribution is -2.35. The van der Waals surface area contributed by atoms with Crippen LogP contribution >= 0.6 is 0 Å². The zero-order valence-corrected chi connectivity index (χ0v) is 16.7. The molecule has 0 saturated heterocycles. The molecular formula is C22H27N3O3. The van der Waals surface area contributed by atoms with Crippen LogP contribution in [0.15, 0.2) is 48.2 Å². The van der Waals surface area contributed by atoms with Crippen LogP contribution in [0.2, 0.25) is 0 Å². The largest absolute Gasteiger partial charge is 0.461 e. The molecule has 0 saturated carbocycles. The van der Waals surface area contributed by atoms with Crippen LogP contribution in [0.25, 0.3) is 0 Å². The van der Waals surface area contributed by atoms with Gasteiger partial charge in [-0.05, 0) is 18.1 Å². The fourth-order valence-electron chi connectivity index (χ4n) is 3.49. The van der Waals surface area contributed by atoms with Gasteiger partial charge in [-0.2, -0.15) is 5.26 Å². The summed E-state index contributed by atoms with van der Waals surface area (Å²) < 4.78 is 4.87. The monoisotopic (exact) mass is 381 g/mol. The topological polar surface area (TPSA) is 82.4 Å². The third-order valence-electron chi connectivity index (χ3n) is 4.84. The summed E-state index contributed by atoms with van der Waals surface area (Å²) in [5.74, 6) is -1.01. The molecule has 0 bridgehead atoms. The van der Waals surface area contributed by atoms with E-state index in [0.717, 1.165) is 36.7 Å². The quantitative estimate of drug-likeness (QED) is 0.324. The van der Waals surface area contributed by atoms with E-state index in [1.165, 1.54) is 0 Å². The molecule has 148 valence electrons. The maximum atomic E-state index is 12.8. The van der Waals surface area contributed by atoms with Crippen LogP contribution < -0.4 is 10.2 Å². The van der Waals surface area contributed by atoms with Gasteiger partial charge in [-0.3, -0.25) is 4.79 Å². The molecule has 2 rings (SSSR count). The van der Waals surface area contributed by atoms with Gasteiger partial charge in [-0.15, -0.1) is 0 Å². The van der Waals surface area contributed by atoms with E-state index in [0.29, 0.717) is 5.70 Å². The number of nitrogens with one attached hydrogen (secondary N) is 1. The van der Waals surface area contributed by atoms with Crippen LogP contribution in [0.4, 0.5) is 5.69 Å². The minimum Gasteiger partial charge on any atom is -0.461 e. The van der Waals surface area contributed by atoms with Crippen molar-refractivity contribution in [3.8, 4) is 6.07 Å². The van der Waals surface area contributed by atoms with Gasteiger partial charge < -0.3 is 15.0 Å². The summed E-state index contributed by atoms with van der Waals surface area (Å²) in [6.45, 7) is 10.4. The summed E-state index contributed by atoms with van der Waals surface area (Å²) in [7, 11) is 0. The van der Waals surface area contributed by atoms with Gasteiger partial charge in [-0.25, -0.2) is 4.79 Å². The normalized spacial score (nSPS) is 16.0. The predicted molar refractivity (Wildman–Crippen MR) is 109 cm³/mol. The van der Waals surface area contributed by atoms with E-state index in [-0.39, 0.29) is 18.7 Å². The molecule has 0 aliphatic carbocycles. The minimum absolute atomic E-state index is 0.0216. The van der Waals surface area contributed by atoms with Crippen LogP contribution in [0.3, 0.4) is 0 Å². The highest BCUT2D eigenvalue weighted by molar-refractivity contribution is 6.00. The number of hydrogen-bond donors (Lipinski definition) is 1. The first-order valence-corrected chi connectivity index (χ1v) is 9.47. The lowest BCUT2D eigenvalue weighted by atomic mass is 9.82. The molecule has 1 aromatic carbocycles. The number of rotatable bonds is 8. The Morgan fingerprint density at radius 2 is 2.07 bits per heavy atom. The van der Waals surface area contributed by atoms with Gasteiger partial charge in [0.1, 0.15) is 18.2 Å².